The minimum Gasteiger partial charge on any atom is -0.195 e. The number of rotatable bonds is 6. The summed E-state index contributed by atoms with van der Waals surface area (Å²) >= 11 is 0. The van der Waals surface area contributed by atoms with Crippen molar-refractivity contribution in [3.63, 3.8) is 0 Å². The van der Waals surface area contributed by atoms with Gasteiger partial charge in [0.1, 0.15) is 6.07 Å². The molecule has 0 N–H and O–H groups in total. The van der Waals surface area contributed by atoms with Crippen molar-refractivity contribution in [3.05, 3.63) is 59.4 Å². The van der Waals surface area contributed by atoms with E-state index in [1.165, 1.54) is 68.6 Å². The molecule has 3 heteroatoms. The van der Waals surface area contributed by atoms with E-state index in [4.69, 9.17) is 10.5 Å². The van der Waals surface area contributed by atoms with E-state index in [9.17, 15) is 4.39 Å². The second-order valence-corrected chi connectivity index (χ2v) is 8.82. The van der Waals surface area contributed by atoms with Gasteiger partial charge in [0.25, 0.3) is 0 Å². The van der Waals surface area contributed by atoms with Crippen molar-refractivity contribution in [2.24, 2.45) is 17.8 Å². The van der Waals surface area contributed by atoms with E-state index < -0.39 is 5.83 Å². The van der Waals surface area contributed by atoms with Crippen molar-refractivity contribution in [2.45, 2.75) is 70.1 Å². The lowest BCUT2D eigenvalue weighted by Gasteiger charge is -2.36. The summed E-state index contributed by atoms with van der Waals surface area (Å²) in [6.45, 7) is 4.51. The number of nitriles is 2. The van der Waals surface area contributed by atoms with E-state index in [2.05, 4.69) is 24.8 Å². The molecule has 2 aliphatic carbocycles. The molecule has 0 radical (unpaired) electrons. The number of halogens is 1. The van der Waals surface area contributed by atoms with Gasteiger partial charge >= 0.3 is 0 Å². The quantitative estimate of drug-likeness (QED) is 0.376. The Bertz CT molecular complexity index is 793. The SMILES string of the molecule is C=C([C@H]1CC[C@H](CC/C=C(\F)C#N)CC1)[C@H]1CC[C@H](c2ccc(C#N)cc2)CC1. The fourth-order valence-electron chi connectivity index (χ4n) is 5.27. The molecule has 2 saturated carbocycles. The molecule has 0 spiro atoms. The Labute approximate surface area is 174 Å². The lowest BCUT2D eigenvalue weighted by Crippen LogP contribution is -2.22. The normalized spacial score (nSPS) is 27.6. The molecular weight excluding hydrogens is 359 g/mol. The lowest BCUT2D eigenvalue weighted by atomic mass is 9.69. The summed E-state index contributed by atoms with van der Waals surface area (Å²) in [6, 6.07) is 11.9. The molecular formula is C26H31FN2. The van der Waals surface area contributed by atoms with Gasteiger partial charge in [0.2, 0.25) is 0 Å². The lowest BCUT2D eigenvalue weighted by molar-refractivity contribution is 0.260. The number of hydrogen-bond donors (Lipinski definition) is 0. The van der Waals surface area contributed by atoms with Crippen LogP contribution in [-0.2, 0) is 0 Å². The molecule has 0 unspecified atom stereocenters. The van der Waals surface area contributed by atoms with E-state index in [1.54, 1.807) is 6.07 Å². The van der Waals surface area contributed by atoms with E-state index in [1.807, 2.05) is 12.1 Å². The van der Waals surface area contributed by atoms with Crippen LogP contribution in [-0.4, -0.2) is 0 Å². The van der Waals surface area contributed by atoms with E-state index in [0.29, 0.717) is 30.1 Å². The third-order valence-corrected chi connectivity index (χ3v) is 7.14. The largest absolute Gasteiger partial charge is 0.196 e. The highest BCUT2D eigenvalue weighted by molar-refractivity contribution is 5.33. The summed E-state index contributed by atoms with van der Waals surface area (Å²) in [7, 11) is 0. The maximum atomic E-state index is 12.9. The molecule has 3 rings (SSSR count). The summed E-state index contributed by atoms with van der Waals surface area (Å²) in [6.07, 6.45) is 12.8. The maximum absolute atomic E-state index is 12.9. The molecule has 1 aromatic carbocycles. The van der Waals surface area contributed by atoms with E-state index >= 15 is 0 Å². The van der Waals surface area contributed by atoms with Gasteiger partial charge in [-0.2, -0.15) is 14.9 Å². The average Bonchev–Trinajstić information content (AvgIpc) is 2.79. The number of nitrogens with zero attached hydrogens (tertiary/aromatic N) is 2. The number of hydrogen-bond acceptors (Lipinski definition) is 2. The smallest absolute Gasteiger partial charge is 0.195 e. The molecule has 0 aromatic heterocycles. The minimum atomic E-state index is -0.649. The van der Waals surface area contributed by atoms with Crippen molar-refractivity contribution in [2.75, 3.05) is 0 Å². The van der Waals surface area contributed by atoms with Crippen LogP contribution < -0.4 is 0 Å². The highest BCUT2D eigenvalue weighted by Gasteiger charge is 2.29. The first-order valence-electron chi connectivity index (χ1n) is 11.0. The Morgan fingerprint density at radius 1 is 0.966 bits per heavy atom. The molecule has 0 heterocycles. The minimum absolute atomic E-state index is 0.615. The molecule has 1 aromatic rings. The molecule has 2 aliphatic rings. The van der Waals surface area contributed by atoms with Gasteiger partial charge < -0.3 is 0 Å². The first-order chi connectivity index (χ1) is 14.1. The fourth-order valence-corrected chi connectivity index (χ4v) is 5.27. The van der Waals surface area contributed by atoms with Gasteiger partial charge in [-0.3, -0.25) is 0 Å². The van der Waals surface area contributed by atoms with Crippen LogP contribution in [0.25, 0.3) is 0 Å². The van der Waals surface area contributed by atoms with Crippen LogP contribution >= 0.6 is 0 Å². The van der Waals surface area contributed by atoms with Crippen molar-refractivity contribution >= 4 is 0 Å². The van der Waals surface area contributed by atoms with Crippen molar-refractivity contribution in [3.8, 4) is 12.1 Å². The molecule has 29 heavy (non-hydrogen) atoms. The second kappa shape index (κ2) is 10.4. The van der Waals surface area contributed by atoms with Crippen molar-refractivity contribution in [1.82, 2.24) is 0 Å². The van der Waals surface area contributed by atoms with Gasteiger partial charge in [-0.05, 0) is 112 Å². The standard InChI is InChI=1S/C26H31FN2/c1-19(22-9-5-20(6-10-22)3-2-4-26(27)18-29)23-13-15-25(16-14-23)24-11-7-21(17-28)8-12-24/h4,7-8,11-12,20,22-23,25H,1-3,5-6,9-10,13-16H2/b26-4-/t20-,22-,23-,25-. The summed E-state index contributed by atoms with van der Waals surface area (Å²) in [4.78, 5) is 0. The van der Waals surface area contributed by atoms with Gasteiger partial charge in [0.05, 0.1) is 11.6 Å². The van der Waals surface area contributed by atoms with Crippen molar-refractivity contribution < 1.29 is 4.39 Å². The van der Waals surface area contributed by atoms with E-state index in [-0.39, 0.29) is 0 Å². The van der Waals surface area contributed by atoms with Crippen LogP contribution in [0.3, 0.4) is 0 Å². The fraction of sp³-hybridized carbons (Fsp3) is 0.538. The van der Waals surface area contributed by atoms with Crippen LogP contribution in [0.15, 0.2) is 48.3 Å². The highest BCUT2D eigenvalue weighted by atomic mass is 19.1. The summed E-state index contributed by atoms with van der Waals surface area (Å²) in [5.41, 5.74) is 3.57. The zero-order valence-corrected chi connectivity index (χ0v) is 17.2. The van der Waals surface area contributed by atoms with Crippen LogP contribution in [0.5, 0.6) is 0 Å². The molecule has 152 valence electrons. The third kappa shape index (κ3) is 5.80. The first-order valence-corrected chi connectivity index (χ1v) is 11.0. The van der Waals surface area contributed by atoms with Crippen LogP contribution in [0, 0.1) is 40.4 Å². The molecule has 0 bridgehead atoms. The summed E-state index contributed by atoms with van der Waals surface area (Å²) in [5, 5.41) is 17.4. The van der Waals surface area contributed by atoms with Crippen molar-refractivity contribution in [1.29, 1.82) is 10.5 Å². The van der Waals surface area contributed by atoms with Gasteiger partial charge in [0.15, 0.2) is 5.83 Å². The molecule has 0 atom stereocenters. The molecule has 2 nitrogen and oxygen atoms in total. The Hall–Kier alpha value is -2.39. The highest BCUT2D eigenvalue weighted by Crippen LogP contribution is 2.44. The molecule has 2 fully saturated rings. The Balaban J connectivity index is 1.42. The Morgan fingerprint density at radius 3 is 2.10 bits per heavy atom. The molecule has 0 aliphatic heterocycles. The van der Waals surface area contributed by atoms with E-state index in [0.717, 1.165) is 12.0 Å². The number of benzene rings is 1. The first kappa shape index (κ1) is 21.3. The molecule has 0 saturated heterocycles. The molecule has 0 amide bonds. The van der Waals surface area contributed by atoms with Gasteiger partial charge in [-0.25, -0.2) is 0 Å². The predicted octanol–water partition coefficient (Wildman–Crippen LogP) is 7.35. The average molecular weight is 391 g/mol. The maximum Gasteiger partial charge on any atom is 0.196 e. The summed E-state index contributed by atoms with van der Waals surface area (Å²) in [5.74, 6) is 1.93. The monoisotopic (exact) mass is 390 g/mol. The Kier molecular flexibility index (Phi) is 7.65. The van der Waals surface area contributed by atoms with Crippen LogP contribution in [0.2, 0.25) is 0 Å². The zero-order valence-electron chi connectivity index (χ0n) is 17.2. The van der Waals surface area contributed by atoms with Gasteiger partial charge in [-0.1, -0.05) is 24.3 Å². The van der Waals surface area contributed by atoms with Gasteiger partial charge in [-0.15, -0.1) is 0 Å². The summed E-state index contributed by atoms with van der Waals surface area (Å²) < 4.78 is 12.9. The Morgan fingerprint density at radius 2 is 1.55 bits per heavy atom. The third-order valence-electron chi connectivity index (χ3n) is 7.14. The van der Waals surface area contributed by atoms with Gasteiger partial charge in [0, 0.05) is 0 Å². The topological polar surface area (TPSA) is 47.6 Å². The second-order valence-electron chi connectivity index (χ2n) is 8.82. The van der Waals surface area contributed by atoms with Crippen LogP contribution in [0.4, 0.5) is 4.39 Å². The van der Waals surface area contributed by atoms with Crippen LogP contribution in [0.1, 0.15) is 81.3 Å². The number of allylic oxidation sites excluding steroid dienone is 3. The zero-order chi connectivity index (χ0) is 20.6. The predicted molar refractivity (Wildman–Crippen MR) is 114 cm³/mol.